The number of anilines is 1. The topological polar surface area (TPSA) is 84.4 Å². The number of rotatable bonds is 5. The summed E-state index contributed by atoms with van der Waals surface area (Å²) in [6.07, 6.45) is 1.61. The van der Waals surface area contributed by atoms with Gasteiger partial charge in [0.1, 0.15) is 16.6 Å². The Morgan fingerprint density at radius 2 is 1.87 bits per heavy atom. The van der Waals surface area contributed by atoms with Crippen LogP contribution in [0.25, 0.3) is 0 Å². The highest BCUT2D eigenvalue weighted by Crippen LogP contribution is 2.35. The van der Waals surface area contributed by atoms with Crippen molar-refractivity contribution in [3.05, 3.63) is 69.9 Å². The Morgan fingerprint density at radius 1 is 1.13 bits per heavy atom. The van der Waals surface area contributed by atoms with Crippen molar-refractivity contribution < 1.29 is 18.7 Å². The molecule has 1 unspecified atom stereocenters. The van der Waals surface area contributed by atoms with Gasteiger partial charge in [-0.2, -0.15) is 0 Å². The van der Waals surface area contributed by atoms with E-state index in [9.17, 15) is 14.0 Å². The lowest BCUT2D eigenvalue weighted by Crippen LogP contribution is -2.30. The molecule has 1 fully saturated rings. The summed E-state index contributed by atoms with van der Waals surface area (Å²) in [7, 11) is 1.58. The van der Waals surface area contributed by atoms with Crippen LogP contribution in [0.2, 0.25) is 0 Å². The zero-order chi connectivity index (χ0) is 21.1. The van der Waals surface area contributed by atoms with Crippen LogP contribution in [0, 0.1) is 5.82 Å². The first kappa shape index (κ1) is 20.0. The second-order valence-corrected chi connectivity index (χ2v) is 7.80. The van der Waals surface area contributed by atoms with Gasteiger partial charge in [0.25, 0.3) is 11.8 Å². The van der Waals surface area contributed by atoms with Crippen molar-refractivity contribution in [2.75, 3.05) is 19.0 Å². The number of amides is 2. The fraction of sp³-hybridized carbons (Fsp3) is 0.238. The molecule has 0 saturated carbocycles. The largest absolute Gasteiger partial charge is 0.497 e. The number of benzene rings is 2. The normalized spacial score (nSPS) is 15.8. The van der Waals surface area contributed by atoms with Crippen LogP contribution in [-0.4, -0.2) is 40.6 Å². The van der Waals surface area contributed by atoms with Crippen LogP contribution in [-0.2, 0) is 0 Å². The van der Waals surface area contributed by atoms with Crippen molar-refractivity contribution in [3.8, 4) is 5.75 Å². The molecule has 1 atom stereocenters. The van der Waals surface area contributed by atoms with E-state index in [1.807, 2.05) is 0 Å². The first-order chi connectivity index (χ1) is 14.5. The van der Waals surface area contributed by atoms with Crippen LogP contribution in [0.3, 0.4) is 0 Å². The number of halogens is 1. The van der Waals surface area contributed by atoms with Crippen molar-refractivity contribution in [1.82, 2.24) is 15.1 Å². The Kier molecular flexibility index (Phi) is 5.71. The summed E-state index contributed by atoms with van der Waals surface area (Å²) < 4.78 is 18.2. The number of nitrogens with zero attached hydrogens (tertiary/aromatic N) is 3. The molecular weight excluding hydrogens is 407 g/mol. The fourth-order valence-electron chi connectivity index (χ4n) is 3.34. The quantitative estimate of drug-likeness (QED) is 0.669. The number of hydrogen-bond donors (Lipinski definition) is 1. The molecule has 2 aromatic carbocycles. The number of carbonyl (C=O) groups is 2. The fourth-order valence-corrected chi connectivity index (χ4v) is 4.23. The van der Waals surface area contributed by atoms with E-state index in [-0.39, 0.29) is 22.8 Å². The Labute approximate surface area is 176 Å². The van der Waals surface area contributed by atoms with Gasteiger partial charge >= 0.3 is 0 Å². The van der Waals surface area contributed by atoms with Crippen LogP contribution in [0.1, 0.15) is 44.1 Å². The highest BCUT2D eigenvalue weighted by atomic mass is 32.1. The summed E-state index contributed by atoms with van der Waals surface area (Å²) in [5.41, 5.74) is 1.04. The standard InChI is InChI=1S/C21H19FN4O3S/c1-29-16-10-4-13(5-11-16)21(28)26-12-2-3-17(26)19-24-25-20(30-19)18(27)23-15-8-6-14(22)7-9-15/h4-11,17H,2-3,12H2,1H3,(H,23,27). The summed E-state index contributed by atoms with van der Waals surface area (Å²) in [6.45, 7) is 0.617. The Balaban J connectivity index is 1.48. The highest BCUT2D eigenvalue weighted by molar-refractivity contribution is 7.13. The molecule has 1 saturated heterocycles. The number of methoxy groups -OCH3 is 1. The third-order valence-electron chi connectivity index (χ3n) is 4.87. The molecule has 1 aromatic heterocycles. The van der Waals surface area contributed by atoms with Gasteiger partial charge in [-0.1, -0.05) is 11.3 Å². The predicted molar refractivity (Wildman–Crippen MR) is 110 cm³/mol. The van der Waals surface area contributed by atoms with Crippen molar-refractivity contribution in [2.24, 2.45) is 0 Å². The first-order valence-electron chi connectivity index (χ1n) is 9.40. The molecule has 30 heavy (non-hydrogen) atoms. The molecule has 9 heteroatoms. The Bertz CT molecular complexity index is 1050. The number of aromatic nitrogens is 2. The summed E-state index contributed by atoms with van der Waals surface area (Å²) in [6, 6.07) is 12.2. The van der Waals surface area contributed by atoms with Gasteiger partial charge in [0.05, 0.1) is 13.2 Å². The lowest BCUT2D eigenvalue weighted by Gasteiger charge is -2.22. The number of hydrogen-bond acceptors (Lipinski definition) is 6. The van der Waals surface area contributed by atoms with Crippen LogP contribution in [0.15, 0.2) is 48.5 Å². The van der Waals surface area contributed by atoms with E-state index in [1.54, 1.807) is 36.3 Å². The lowest BCUT2D eigenvalue weighted by molar-refractivity contribution is 0.0735. The first-order valence-corrected chi connectivity index (χ1v) is 10.2. The van der Waals surface area contributed by atoms with Gasteiger partial charge in [0, 0.05) is 17.8 Å². The summed E-state index contributed by atoms with van der Waals surface area (Å²) >= 11 is 1.16. The molecule has 4 rings (SSSR count). The van der Waals surface area contributed by atoms with E-state index < -0.39 is 5.91 Å². The van der Waals surface area contributed by atoms with Gasteiger partial charge in [-0.3, -0.25) is 9.59 Å². The van der Waals surface area contributed by atoms with Crippen molar-refractivity contribution in [2.45, 2.75) is 18.9 Å². The van der Waals surface area contributed by atoms with E-state index in [4.69, 9.17) is 4.74 Å². The molecule has 0 aliphatic carbocycles. The molecule has 1 N–H and O–H groups in total. The van der Waals surface area contributed by atoms with Crippen molar-refractivity contribution >= 4 is 28.8 Å². The minimum Gasteiger partial charge on any atom is -0.497 e. The minimum atomic E-state index is -0.420. The molecular formula is C21H19FN4O3S. The third-order valence-corrected chi connectivity index (χ3v) is 5.90. The average Bonchev–Trinajstić information content (AvgIpc) is 3.44. The van der Waals surface area contributed by atoms with E-state index in [0.717, 1.165) is 24.2 Å². The van der Waals surface area contributed by atoms with Crippen LogP contribution in [0.4, 0.5) is 10.1 Å². The van der Waals surface area contributed by atoms with Gasteiger partial charge in [0.15, 0.2) is 0 Å². The zero-order valence-electron chi connectivity index (χ0n) is 16.2. The van der Waals surface area contributed by atoms with Crippen LogP contribution < -0.4 is 10.1 Å². The van der Waals surface area contributed by atoms with Crippen molar-refractivity contribution in [3.63, 3.8) is 0 Å². The number of ether oxygens (including phenoxy) is 1. The average molecular weight is 426 g/mol. The third kappa shape index (κ3) is 4.16. The SMILES string of the molecule is COc1ccc(C(=O)N2CCCC2c2nnc(C(=O)Nc3ccc(F)cc3)s2)cc1. The van der Waals surface area contributed by atoms with Crippen LogP contribution >= 0.6 is 11.3 Å². The molecule has 1 aliphatic heterocycles. The number of nitrogens with one attached hydrogen (secondary N) is 1. The van der Waals surface area contributed by atoms with Gasteiger partial charge in [0.2, 0.25) is 5.01 Å². The second kappa shape index (κ2) is 8.58. The van der Waals surface area contributed by atoms with E-state index in [1.165, 1.54) is 24.3 Å². The molecule has 0 radical (unpaired) electrons. The van der Waals surface area contributed by atoms with E-state index in [0.29, 0.717) is 28.6 Å². The van der Waals surface area contributed by atoms with Gasteiger partial charge in [-0.25, -0.2) is 4.39 Å². The maximum absolute atomic E-state index is 13.0. The maximum atomic E-state index is 13.0. The minimum absolute atomic E-state index is 0.0901. The Hall–Kier alpha value is -3.33. The molecule has 1 aliphatic rings. The number of likely N-dealkylation sites (tertiary alicyclic amines) is 1. The highest BCUT2D eigenvalue weighted by Gasteiger charge is 2.33. The summed E-state index contributed by atoms with van der Waals surface area (Å²) in [5.74, 6) is -0.205. The lowest BCUT2D eigenvalue weighted by atomic mass is 10.1. The molecule has 0 spiro atoms. The van der Waals surface area contributed by atoms with Gasteiger partial charge < -0.3 is 15.0 Å². The molecule has 0 bridgehead atoms. The van der Waals surface area contributed by atoms with Crippen LogP contribution in [0.5, 0.6) is 5.75 Å². The molecule has 2 heterocycles. The summed E-state index contributed by atoms with van der Waals surface area (Å²) in [5, 5.41) is 11.6. The Morgan fingerprint density at radius 3 is 2.57 bits per heavy atom. The molecule has 154 valence electrons. The van der Waals surface area contributed by atoms with Crippen molar-refractivity contribution in [1.29, 1.82) is 0 Å². The van der Waals surface area contributed by atoms with Gasteiger partial charge in [-0.05, 0) is 61.4 Å². The predicted octanol–water partition coefficient (Wildman–Crippen LogP) is 3.92. The summed E-state index contributed by atoms with van der Waals surface area (Å²) in [4.78, 5) is 27.2. The smallest absolute Gasteiger partial charge is 0.286 e. The second-order valence-electron chi connectivity index (χ2n) is 6.79. The number of carbonyl (C=O) groups excluding carboxylic acids is 2. The van der Waals surface area contributed by atoms with E-state index in [2.05, 4.69) is 15.5 Å². The van der Waals surface area contributed by atoms with Gasteiger partial charge in [-0.15, -0.1) is 10.2 Å². The molecule has 3 aromatic rings. The molecule has 2 amide bonds. The maximum Gasteiger partial charge on any atom is 0.286 e. The monoisotopic (exact) mass is 426 g/mol. The molecule has 7 nitrogen and oxygen atoms in total. The zero-order valence-corrected chi connectivity index (χ0v) is 17.0. The van der Waals surface area contributed by atoms with E-state index >= 15 is 0 Å².